The molecule has 0 bridgehead atoms. The second-order valence-electron chi connectivity index (χ2n) is 1.96. The number of nitrogens with one attached hydrogen (secondary N) is 1. The fourth-order valence-corrected chi connectivity index (χ4v) is 1.34. The summed E-state index contributed by atoms with van der Waals surface area (Å²) in [5.41, 5.74) is 5.23. The molecule has 0 aromatic carbocycles. The van der Waals surface area contributed by atoms with E-state index in [1.165, 1.54) is 18.7 Å². The summed E-state index contributed by atoms with van der Waals surface area (Å²) < 4.78 is 0. The number of rotatable bonds is 0. The van der Waals surface area contributed by atoms with Gasteiger partial charge in [-0.05, 0) is 0 Å². The molecule has 1 amide bonds. The molecule has 0 aliphatic carbocycles. The molecule has 1 unspecified atom stereocenters. The molecule has 0 radical (unpaired) electrons. The maximum atomic E-state index is 10.5. The Hall–Kier alpha value is -0.550. The molecule has 0 fully saturated rings. The van der Waals surface area contributed by atoms with E-state index in [9.17, 15) is 4.79 Å². The van der Waals surface area contributed by atoms with Crippen molar-refractivity contribution in [3.63, 3.8) is 0 Å². The van der Waals surface area contributed by atoms with Crippen molar-refractivity contribution in [1.29, 1.82) is 0 Å². The zero-order valence-electron chi connectivity index (χ0n) is 5.63. The van der Waals surface area contributed by atoms with Gasteiger partial charge in [0.1, 0.15) is 11.3 Å². The highest BCUT2D eigenvalue weighted by atomic mass is 32.2. The summed E-state index contributed by atoms with van der Waals surface area (Å²) in [5.74, 6) is 1.30. The molecule has 1 aliphatic rings. The Kier molecular flexibility index (Phi) is 2.29. The molecule has 1 atom stereocenters. The maximum Gasteiger partial charge on any atom is 0.222 e. The van der Waals surface area contributed by atoms with Gasteiger partial charge in [-0.2, -0.15) is 0 Å². The van der Waals surface area contributed by atoms with Gasteiger partial charge in [-0.25, -0.2) is 4.99 Å². The largest absolute Gasteiger partial charge is 0.314 e. The molecule has 56 valence electrons. The topological polar surface area (TPSA) is 67.5 Å². The van der Waals surface area contributed by atoms with E-state index in [2.05, 4.69) is 10.3 Å². The number of carbonyl (C=O) groups excluding carboxylic acids is 1. The van der Waals surface area contributed by atoms with E-state index in [0.29, 0.717) is 11.6 Å². The van der Waals surface area contributed by atoms with Crippen LogP contribution in [0.3, 0.4) is 0 Å². The second kappa shape index (κ2) is 3.03. The summed E-state index contributed by atoms with van der Waals surface area (Å²) in [6.45, 7) is 1.46. The van der Waals surface area contributed by atoms with Crippen LogP contribution >= 0.6 is 11.8 Å². The van der Waals surface area contributed by atoms with Crippen molar-refractivity contribution >= 4 is 23.5 Å². The third-order valence-corrected chi connectivity index (χ3v) is 1.88. The predicted molar refractivity (Wildman–Crippen MR) is 41.7 cm³/mol. The molecule has 1 rings (SSSR count). The van der Waals surface area contributed by atoms with E-state index in [0.717, 1.165) is 0 Å². The molecule has 0 aromatic heterocycles. The van der Waals surface area contributed by atoms with Gasteiger partial charge in [-0.1, -0.05) is 0 Å². The normalized spacial score (nSPS) is 24.2. The van der Waals surface area contributed by atoms with Crippen LogP contribution in [-0.2, 0) is 4.79 Å². The Labute approximate surface area is 63.3 Å². The average molecular weight is 159 g/mol. The van der Waals surface area contributed by atoms with Crippen molar-refractivity contribution in [3.05, 3.63) is 0 Å². The second-order valence-corrected chi connectivity index (χ2v) is 3.06. The number of hydrogen-bond donors (Lipinski definition) is 2. The van der Waals surface area contributed by atoms with Crippen LogP contribution in [0.25, 0.3) is 0 Å². The zero-order chi connectivity index (χ0) is 7.56. The highest BCUT2D eigenvalue weighted by Gasteiger charge is 2.13. The SMILES string of the molecule is CC(=O)NC1=NC(N)SC1. The summed E-state index contributed by atoms with van der Waals surface area (Å²) in [5, 5.41) is 2.58. The van der Waals surface area contributed by atoms with Gasteiger partial charge in [0.2, 0.25) is 5.91 Å². The summed E-state index contributed by atoms with van der Waals surface area (Å²) in [6, 6.07) is 0. The van der Waals surface area contributed by atoms with Crippen molar-refractivity contribution in [2.45, 2.75) is 12.4 Å². The minimum atomic E-state index is -0.193. The first-order chi connectivity index (χ1) is 4.68. The van der Waals surface area contributed by atoms with Crippen molar-refractivity contribution in [2.24, 2.45) is 10.7 Å². The van der Waals surface area contributed by atoms with Crippen molar-refractivity contribution < 1.29 is 4.79 Å². The fourth-order valence-electron chi connectivity index (χ4n) is 0.664. The van der Waals surface area contributed by atoms with Crippen molar-refractivity contribution in [1.82, 2.24) is 5.32 Å². The Morgan fingerprint density at radius 1 is 2.00 bits per heavy atom. The number of hydrogen-bond acceptors (Lipinski definition) is 4. The minimum Gasteiger partial charge on any atom is -0.314 e. The summed E-state index contributed by atoms with van der Waals surface area (Å²) in [4.78, 5) is 14.4. The van der Waals surface area contributed by atoms with Gasteiger partial charge in [0.25, 0.3) is 0 Å². The number of aliphatic imine (C=N–C) groups is 1. The van der Waals surface area contributed by atoms with E-state index in [1.54, 1.807) is 0 Å². The van der Waals surface area contributed by atoms with Gasteiger partial charge in [-0.15, -0.1) is 11.8 Å². The monoisotopic (exact) mass is 159 g/mol. The number of thioether (sulfide) groups is 1. The highest BCUT2D eigenvalue weighted by molar-refractivity contribution is 8.00. The molecule has 1 heterocycles. The standard InChI is InChI=1S/C5H9N3OS/c1-3(9)7-4-2-10-5(6)8-4/h5H,2,6H2,1H3,(H,7,8,9). The van der Waals surface area contributed by atoms with Gasteiger partial charge in [-0.3, -0.25) is 4.79 Å². The molecule has 0 aromatic rings. The van der Waals surface area contributed by atoms with E-state index >= 15 is 0 Å². The van der Waals surface area contributed by atoms with Crippen LogP contribution in [0.4, 0.5) is 0 Å². The van der Waals surface area contributed by atoms with E-state index in [-0.39, 0.29) is 11.4 Å². The van der Waals surface area contributed by atoms with Gasteiger partial charge >= 0.3 is 0 Å². The van der Waals surface area contributed by atoms with Gasteiger partial charge in [0, 0.05) is 6.92 Å². The van der Waals surface area contributed by atoms with Crippen LogP contribution in [0.5, 0.6) is 0 Å². The molecule has 5 heteroatoms. The number of amides is 1. The first-order valence-electron chi connectivity index (χ1n) is 2.90. The molecule has 3 N–H and O–H groups in total. The Bertz CT molecular complexity index is 180. The van der Waals surface area contributed by atoms with Crippen LogP contribution in [0.1, 0.15) is 6.92 Å². The van der Waals surface area contributed by atoms with E-state index < -0.39 is 0 Å². The molecule has 1 aliphatic heterocycles. The molecule has 0 saturated heterocycles. The molecule has 0 spiro atoms. The van der Waals surface area contributed by atoms with Crippen LogP contribution in [0.2, 0.25) is 0 Å². The first-order valence-corrected chi connectivity index (χ1v) is 3.95. The number of amidine groups is 1. The van der Waals surface area contributed by atoms with Crippen molar-refractivity contribution in [2.75, 3.05) is 5.75 Å². The number of nitrogens with zero attached hydrogens (tertiary/aromatic N) is 1. The van der Waals surface area contributed by atoms with Crippen LogP contribution < -0.4 is 11.1 Å². The fraction of sp³-hybridized carbons (Fsp3) is 0.600. The Morgan fingerprint density at radius 3 is 3.10 bits per heavy atom. The lowest BCUT2D eigenvalue weighted by Crippen LogP contribution is -2.28. The Morgan fingerprint density at radius 2 is 2.70 bits per heavy atom. The van der Waals surface area contributed by atoms with Gasteiger partial charge < -0.3 is 11.1 Å². The summed E-state index contributed by atoms with van der Waals surface area (Å²) >= 11 is 1.51. The molecular weight excluding hydrogens is 150 g/mol. The zero-order valence-corrected chi connectivity index (χ0v) is 6.44. The molecular formula is C5H9N3OS. The lowest BCUT2D eigenvalue weighted by atomic mass is 10.6. The third kappa shape index (κ3) is 2.00. The number of carbonyl (C=O) groups is 1. The van der Waals surface area contributed by atoms with Gasteiger partial charge in [0.05, 0.1) is 5.75 Å². The quantitative estimate of drug-likeness (QED) is 0.501. The predicted octanol–water partition coefficient (Wildman–Crippen LogP) is -0.490. The van der Waals surface area contributed by atoms with Crippen LogP contribution in [0.15, 0.2) is 4.99 Å². The Balaban J connectivity index is 2.43. The summed E-state index contributed by atoms with van der Waals surface area (Å²) in [6.07, 6.45) is 0. The molecule has 10 heavy (non-hydrogen) atoms. The maximum absolute atomic E-state index is 10.5. The smallest absolute Gasteiger partial charge is 0.222 e. The van der Waals surface area contributed by atoms with Crippen LogP contribution in [0, 0.1) is 0 Å². The highest BCUT2D eigenvalue weighted by Crippen LogP contribution is 2.13. The molecule has 0 saturated carbocycles. The van der Waals surface area contributed by atoms with E-state index in [1.807, 2.05) is 0 Å². The third-order valence-electron chi connectivity index (χ3n) is 0.994. The minimum absolute atomic E-state index is 0.0894. The first kappa shape index (κ1) is 7.56. The average Bonchev–Trinajstić information content (AvgIpc) is 2.13. The van der Waals surface area contributed by atoms with Crippen LogP contribution in [-0.4, -0.2) is 23.0 Å². The lowest BCUT2D eigenvalue weighted by Gasteiger charge is -1.96. The molecule has 4 nitrogen and oxygen atoms in total. The number of nitrogens with two attached hydrogens (primary N) is 1. The lowest BCUT2D eigenvalue weighted by molar-refractivity contribution is -0.117. The van der Waals surface area contributed by atoms with E-state index in [4.69, 9.17) is 5.73 Å². The van der Waals surface area contributed by atoms with Gasteiger partial charge in [0.15, 0.2) is 0 Å². The summed E-state index contributed by atoms with van der Waals surface area (Å²) in [7, 11) is 0. The van der Waals surface area contributed by atoms with Crippen molar-refractivity contribution in [3.8, 4) is 0 Å².